The standard InChI is InChI=1S/C14H17NO3/c1-5-10(8-15)13(16)11-6-7-12(17-3)9(2)14(11)18-4/h6-7,10H,5H2,1-4H3. The Hall–Kier alpha value is -2.02. The molecule has 0 radical (unpaired) electrons. The van der Waals surface area contributed by atoms with Gasteiger partial charge in [0.15, 0.2) is 5.78 Å². The van der Waals surface area contributed by atoms with Gasteiger partial charge < -0.3 is 9.47 Å². The van der Waals surface area contributed by atoms with Crippen molar-refractivity contribution in [1.29, 1.82) is 5.26 Å². The maximum absolute atomic E-state index is 12.2. The van der Waals surface area contributed by atoms with Crippen LogP contribution in [0, 0.1) is 24.2 Å². The molecule has 1 aromatic carbocycles. The Morgan fingerprint density at radius 1 is 1.39 bits per heavy atom. The highest BCUT2D eigenvalue weighted by Crippen LogP contribution is 2.32. The molecule has 1 rings (SSSR count). The molecule has 0 N–H and O–H groups in total. The van der Waals surface area contributed by atoms with Gasteiger partial charge >= 0.3 is 0 Å². The molecule has 0 fully saturated rings. The number of Topliss-reactive ketones (excluding diaryl/α,β-unsaturated/α-hetero) is 1. The lowest BCUT2D eigenvalue weighted by molar-refractivity contribution is 0.0943. The van der Waals surface area contributed by atoms with Crippen LogP contribution >= 0.6 is 0 Å². The average molecular weight is 247 g/mol. The minimum absolute atomic E-state index is 0.206. The van der Waals surface area contributed by atoms with E-state index in [0.717, 1.165) is 5.56 Å². The van der Waals surface area contributed by atoms with E-state index in [4.69, 9.17) is 14.7 Å². The molecule has 0 bridgehead atoms. The molecule has 0 aliphatic carbocycles. The van der Waals surface area contributed by atoms with Gasteiger partial charge in [-0.2, -0.15) is 5.26 Å². The van der Waals surface area contributed by atoms with Crippen molar-refractivity contribution < 1.29 is 14.3 Å². The maximum Gasteiger partial charge on any atom is 0.183 e. The number of nitriles is 1. The van der Waals surface area contributed by atoms with E-state index >= 15 is 0 Å². The number of ether oxygens (including phenoxy) is 2. The summed E-state index contributed by atoms with van der Waals surface area (Å²) in [4.78, 5) is 12.2. The second-order valence-corrected chi connectivity index (χ2v) is 3.93. The summed E-state index contributed by atoms with van der Waals surface area (Å²) < 4.78 is 10.4. The maximum atomic E-state index is 12.2. The summed E-state index contributed by atoms with van der Waals surface area (Å²) in [6.07, 6.45) is 0.490. The molecule has 0 aliphatic heterocycles. The van der Waals surface area contributed by atoms with Crippen molar-refractivity contribution in [2.45, 2.75) is 20.3 Å². The van der Waals surface area contributed by atoms with Crippen LogP contribution in [0.5, 0.6) is 11.5 Å². The number of benzene rings is 1. The molecule has 0 aromatic heterocycles. The zero-order valence-corrected chi connectivity index (χ0v) is 11.1. The molecule has 1 aromatic rings. The van der Waals surface area contributed by atoms with Crippen LogP contribution in [-0.4, -0.2) is 20.0 Å². The van der Waals surface area contributed by atoms with Crippen molar-refractivity contribution in [2.24, 2.45) is 5.92 Å². The number of ketones is 1. The minimum atomic E-state index is -0.633. The van der Waals surface area contributed by atoms with E-state index in [1.807, 2.05) is 19.9 Å². The quantitative estimate of drug-likeness (QED) is 0.751. The summed E-state index contributed by atoms with van der Waals surface area (Å²) in [6.45, 7) is 3.64. The number of methoxy groups -OCH3 is 2. The van der Waals surface area contributed by atoms with Crippen molar-refractivity contribution in [3.8, 4) is 17.6 Å². The van der Waals surface area contributed by atoms with Crippen molar-refractivity contribution in [3.63, 3.8) is 0 Å². The Morgan fingerprint density at radius 3 is 2.50 bits per heavy atom. The van der Waals surface area contributed by atoms with Crippen LogP contribution in [0.15, 0.2) is 12.1 Å². The van der Waals surface area contributed by atoms with Gasteiger partial charge in [0.05, 0.1) is 25.9 Å². The average Bonchev–Trinajstić information content (AvgIpc) is 2.39. The van der Waals surface area contributed by atoms with Gasteiger partial charge in [-0.25, -0.2) is 0 Å². The van der Waals surface area contributed by atoms with E-state index in [0.29, 0.717) is 23.5 Å². The third-order valence-electron chi connectivity index (χ3n) is 2.93. The first-order valence-corrected chi connectivity index (χ1v) is 5.76. The molecule has 1 atom stereocenters. The van der Waals surface area contributed by atoms with Crippen LogP contribution in [0.1, 0.15) is 29.3 Å². The molecule has 18 heavy (non-hydrogen) atoms. The number of nitrogens with zero attached hydrogens (tertiary/aromatic N) is 1. The Balaban J connectivity index is 3.30. The molecular weight excluding hydrogens is 230 g/mol. The van der Waals surface area contributed by atoms with Gasteiger partial charge in [0, 0.05) is 5.56 Å². The highest BCUT2D eigenvalue weighted by molar-refractivity contribution is 6.02. The lowest BCUT2D eigenvalue weighted by Gasteiger charge is -2.14. The van der Waals surface area contributed by atoms with Crippen molar-refractivity contribution in [1.82, 2.24) is 0 Å². The Kier molecular flexibility index (Phi) is 4.73. The van der Waals surface area contributed by atoms with Crippen molar-refractivity contribution in [3.05, 3.63) is 23.3 Å². The highest BCUT2D eigenvalue weighted by atomic mass is 16.5. The van der Waals surface area contributed by atoms with E-state index in [1.54, 1.807) is 19.2 Å². The summed E-state index contributed by atoms with van der Waals surface area (Å²) in [7, 11) is 3.07. The molecule has 4 heteroatoms. The molecule has 4 nitrogen and oxygen atoms in total. The fourth-order valence-electron chi connectivity index (χ4n) is 1.87. The fraction of sp³-hybridized carbons (Fsp3) is 0.429. The van der Waals surface area contributed by atoms with Crippen molar-refractivity contribution >= 4 is 5.78 Å². The molecule has 0 saturated heterocycles. The molecule has 0 aliphatic rings. The third kappa shape index (κ3) is 2.45. The normalized spacial score (nSPS) is 11.5. The second kappa shape index (κ2) is 6.06. The van der Waals surface area contributed by atoms with Crippen molar-refractivity contribution in [2.75, 3.05) is 14.2 Å². The van der Waals surface area contributed by atoms with Crippen LogP contribution in [0.3, 0.4) is 0 Å². The Morgan fingerprint density at radius 2 is 2.06 bits per heavy atom. The smallest absolute Gasteiger partial charge is 0.183 e. The van der Waals surface area contributed by atoms with E-state index in [2.05, 4.69) is 0 Å². The van der Waals surface area contributed by atoms with E-state index < -0.39 is 5.92 Å². The van der Waals surface area contributed by atoms with E-state index in [9.17, 15) is 4.79 Å². The summed E-state index contributed by atoms with van der Waals surface area (Å²) in [5, 5.41) is 8.96. The number of carbonyl (C=O) groups excluding carboxylic acids is 1. The first kappa shape index (κ1) is 14.0. The fourth-order valence-corrected chi connectivity index (χ4v) is 1.87. The van der Waals surface area contributed by atoms with Gasteiger partial charge in [0.2, 0.25) is 0 Å². The molecule has 0 amide bonds. The lowest BCUT2D eigenvalue weighted by Crippen LogP contribution is -2.14. The van der Waals surface area contributed by atoms with Crippen LogP contribution in [0.2, 0.25) is 0 Å². The molecule has 0 saturated carbocycles. The zero-order chi connectivity index (χ0) is 13.7. The summed E-state index contributed by atoms with van der Waals surface area (Å²) in [6, 6.07) is 5.38. The topological polar surface area (TPSA) is 59.3 Å². The van der Waals surface area contributed by atoms with Gasteiger partial charge in [0.25, 0.3) is 0 Å². The number of rotatable bonds is 5. The van der Waals surface area contributed by atoms with Gasteiger partial charge in [-0.05, 0) is 25.5 Å². The monoisotopic (exact) mass is 247 g/mol. The SMILES string of the molecule is CCC(C#N)C(=O)c1ccc(OC)c(C)c1OC. The van der Waals surface area contributed by atoms with Crippen LogP contribution in [0.25, 0.3) is 0 Å². The molecule has 1 unspecified atom stereocenters. The zero-order valence-electron chi connectivity index (χ0n) is 11.1. The molecule has 0 spiro atoms. The minimum Gasteiger partial charge on any atom is -0.496 e. The first-order valence-electron chi connectivity index (χ1n) is 5.76. The summed E-state index contributed by atoms with van der Waals surface area (Å²) in [5.41, 5.74) is 1.20. The molecule has 0 heterocycles. The van der Waals surface area contributed by atoms with Crippen LogP contribution < -0.4 is 9.47 Å². The molecular formula is C14H17NO3. The summed E-state index contributed by atoms with van der Waals surface area (Å²) >= 11 is 0. The first-order chi connectivity index (χ1) is 8.60. The Bertz CT molecular complexity index is 489. The number of carbonyl (C=O) groups is 1. The number of hydrogen-bond donors (Lipinski definition) is 0. The van der Waals surface area contributed by atoms with E-state index in [1.165, 1.54) is 7.11 Å². The van der Waals surface area contributed by atoms with Gasteiger partial charge in [-0.3, -0.25) is 4.79 Å². The highest BCUT2D eigenvalue weighted by Gasteiger charge is 2.23. The lowest BCUT2D eigenvalue weighted by atomic mass is 9.94. The van der Waals surface area contributed by atoms with Gasteiger partial charge in [-0.1, -0.05) is 6.92 Å². The van der Waals surface area contributed by atoms with E-state index in [-0.39, 0.29) is 5.78 Å². The summed E-state index contributed by atoms with van der Waals surface area (Å²) in [5.74, 6) is 0.302. The van der Waals surface area contributed by atoms with Crippen LogP contribution in [0.4, 0.5) is 0 Å². The third-order valence-corrected chi connectivity index (χ3v) is 2.93. The predicted octanol–water partition coefficient (Wildman–Crippen LogP) is 2.74. The van der Waals surface area contributed by atoms with Gasteiger partial charge in [-0.15, -0.1) is 0 Å². The largest absolute Gasteiger partial charge is 0.496 e. The Labute approximate surface area is 107 Å². The number of hydrogen-bond acceptors (Lipinski definition) is 4. The van der Waals surface area contributed by atoms with Gasteiger partial charge in [0.1, 0.15) is 17.4 Å². The second-order valence-electron chi connectivity index (χ2n) is 3.93. The predicted molar refractivity (Wildman–Crippen MR) is 68.0 cm³/mol. The molecule has 96 valence electrons. The van der Waals surface area contributed by atoms with Crippen LogP contribution in [-0.2, 0) is 0 Å².